The third kappa shape index (κ3) is 8.35. The van der Waals surface area contributed by atoms with Gasteiger partial charge in [0, 0.05) is 23.5 Å². The Labute approximate surface area is 257 Å². The predicted octanol–water partition coefficient (Wildman–Crippen LogP) is 5.23. The number of aryl methyl sites for hydroxylation is 1. The first-order chi connectivity index (χ1) is 20.0. The van der Waals surface area contributed by atoms with Crippen molar-refractivity contribution < 1.29 is 22.7 Å². The Morgan fingerprint density at radius 1 is 1.00 bits per heavy atom. The number of nitrogens with zero attached hydrogens (tertiary/aromatic N) is 2. The lowest BCUT2D eigenvalue weighted by molar-refractivity contribution is -0.140. The summed E-state index contributed by atoms with van der Waals surface area (Å²) >= 11 is 3.50. The molecule has 0 bridgehead atoms. The second-order valence-corrected chi connectivity index (χ2v) is 13.6. The predicted molar refractivity (Wildman–Crippen MR) is 169 cm³/mol. The van der Waals surface area contributed by atoms with Gasteiger partial charge in [0.25, 0.3) is 0 Å². The Morgan fingerprint density at radius 3 is 2.33 bits per heavy atom. The van der Waals surface area contributed by atoms with E-state index in [1.807, 2.05) is 67.6 Å². The molecule has 224 valence electrons. The molecule has 0 saturated heterocycles. The van der Waals surface area contributed by atoms with Crippen molar-refractivity contribution in [2.45, 2.75) is 57.7 Å². The normalized spacial score (nSPS) is 14.3. The maximum absolute atomic E-state index is 14.3. The molecule has 1 atom stereocenters. The van der Waals surface area contributed by atoms with Crippen LogP contribution in [0.2, 0.25) is 0 Å². The van der Waals surface area contributed by atoms with Crippen molar-refractivity contribution in [2.24, 2.45) is 0 Å². The number of rotatable bonds is 12. The first kappa shape index (κ1) is 31.6. The second kappa shape index (κ2) is 14.2. The molecule has 1 saturated carbocycles. The van der Waals surface area contributed by atoms with Gasteiger partial charge in [-0.15, -0.1) is 0 Å². The Balaban J connectivity index is 1.76. The summed E-state index contributed by atoms with van der Waals surface area (Å²) in [5.41, 5.74) is 2.79. The molecule has 3 aromatic carbocycles. The van der Waals surface area contributed by atoms with E-state index in [0.29, 0.717) is 5.75 Å². The van der Waals surface area contributed by atoms with E-state index in [1.165, 1.54) is 12.0 Å². The van der Waals surface area contributed by atoms with Crippen LogP contribution >= 0.6 is 15.9 Å². The molecule has 2 amide bonds. The smallest absolute Gasteiger partial charge is 0.244 e. The minimum absolute atomic E-state index is 0.0580. The van der Waals surface area contributed by atoms with Crippen LogP contribution in [0.4, 0.5) is 5.69 Å². The van der Waals surface area contributed by atoms with E-state index in [2.05, 4.69) is 21.2 Å². The van der Waals surface area contributed by atoms with Crippen molar-refractivity contribution in [3.8, 4) is 5.75 Å². The summed E-state index contributed by atoms with van der Waals surface area (Å²) in [6, 6.07) is 21.5. The highest BCUT2D eigenvalue weighted by Gasteiger charge is 2.34. The van der Waals surface area contributed by atoms with Crippen LogP contribution in [0, 0.1) is 6.92 Å². The van der Waals surface area contributed by atoms with Crippen molar-refractivity contribution in [3.05, 3.63) is 94.0 Å². The quantitative estimate of drug-likeness (QED) is 0.288. The molecule has 1 N–H and O–H groups in total. The third-order valence-corrected chi connectivity index (χ3v) is 9.12. The number of sulfonamides is 1. The Hall–Kier alpha value is -3.37. The highest BCUT2D eigenvalue weighted by Crippen LogP contribution is 2.31. The van der Waals surface area contributed by atoms with Gasteiger partial charge in [0.1, 0.15) is 18.3 Å². The fourth-order valence-corrected chi connectivity index (χ4v) is 6.63. The van der Waals surface area contributed by atoms with Gasteiger partial charge < -0.3 is 15.0 Å². The van der Waals surface area contributed by atoms with E-state index in [0.717, 1.165) is 57.4 Å². The molecule has 0 spiro atoms. The van der Waals surface area contributed by atoms with E-state index in [9.17, 15) is 18.0 Å². The molecule has 8 nitrogen and oxygen atoms in total. The van der Waals surface area contributed by atoms with Gasteiger partial charge in [0.2, 0.25) is 21.8 Å². The summed E-state index contributed by atoms with van der Waals surface area (Å²) in [5.74, 6) is -0.406. The number of anilines is 1. The van der Waals surface area contributed by atoms with Crippen LogP contribution in [0.1, 0.15) is 42.4 Å². The number of amides is 2. The van der Waals surface area contributed by atoms with Crippen LogP contribution in [-0.2, 0) is 32.6 Å². The average Bonchev–Trinajstić information content (AvgIpc) is 3.46. The van der Waals surface area contributed by atoms with Gasteiger partial charge >= 0.3 is 0 Å². The summed E-state index contributed by atoms with van der Waals surface area (Å²) in [7, 11) is -2.44. The summed E-state index contributed by atoms with van der Waals surface area (Å²) in [6.07, 6.45) is 5.25. The molecule has 3 aromatic rings. The second-order valence-electron chi connectivity index (χ2n) is 10.8. The Morgan fingerprint density at radius 2 is 1.69 bits per heavy atom. The summed E-state index contributed by atoms with van der Waals surface area (Å²) in [5, 5.41) is 3.18. The number of ether oxygens (including phenoxy) is 1. The number of halogens is 1. The highest BCUT2D eigenvalue weighted by atomic mass is 79.9. The monoisotopic (exact) mass is 655 g/mol. The average molecular weight is 657 g/mol. The molecule has 1 fully saturated rings. The van der Waals surface area contributed by atoms with Crippen LogP contribution < -0.4 is 14.4 Å². The molecule has 1 aliphatic rings. The lowest BCUT2D eigenvalue weighted by Crippen LogP contribution is -2.54. The van der Waals surface area contributed by atoms with Crippen LogP contribution in [0.25, 0.3) is 0 Å². The molecule has 0 aliphatic heterocycles. The van der Waals surface area contributed by atoms with Crippen molar-refractivity contribution in [3.63, 3.8) is 0 Å². The lowest BCUT2D eigenvalue weighted by Gasteiger charge is -2.34. The first-order valence-corrected chi connectivity index (χ1v) is 16.7. The molecule has 0 radical (unpaired) electrons. The topological polar surface area (TPSA) is 96.0 Å². The fraction of sp³-hybridized carbons (Fsp3) is 0.375. The van der Waals surface area contributed by atoms with E-state index in [4.69, 9.17) is 4.74 Å². The first-order valence-electron chi connectivity index (χ1n) is 14.1. The molecule has 0 unspecified atom stereocenters. The molecule has 42 heavy (non-hydrogen) atoms. The van der Waals surface area contributed by atoms with Crippen LogP contribution in [0.3, 0.4) is 0 Å². The number of hydrogen-bond acceptors (Lipinski definition) is 5. The molecule has 4 rings (SSSR count). The van der Waals surface area contributed by atoms with Gasteiger partial charge in [-0.2, -0.15) is 0 Å². The third-order valence-electron chi connectivity index (χ3n) is 7.50. The zero-order valence-electron chi connectivity index (χ0n) is 24.3. The van der Waals surface area contributed by atoms with Crippen LogP contribution in [0.15, 0.2) is 77.3 Å². The number of carbonyl (C=O) groups excluding carboxylic acids is 2. The van der Waals surface area contributed by atoms with Crippen molar-refractivity contribution >= 4 is 43.5 Å². The van der Waals surface area contributed by atoms with Gasteiger partial charge in [-0.3, -0.25) is 13.9 Å². The largest absolute Gasteiger partial charge is 0.495 e. The van der Waals surface area contributed by atoms with Gasteiger partial charge in [-0.25, -0.2) is 8.42 Å². The highest BCUT2D eigenvalue weighted by molar-refractivity contribution is 9.10. The maximum Gasteiger partial charge on any atom is 0.244 e. The number of nitrogens with one attached hydrogen (secondary N) is 1. The minimum Gasteiger partial charge on any atom is -0.495 e. The van der Waals surface area contributed by atoms with E-state index in [1.54, 1.807) is 12.1 Å². The maximum atomic E-state index is 14.3. The molecule has 10 heteroatoms. The van der Waals surface area contributed by atoms with Gasteiger partial charge in [0.05, 0.1) is 19.1 Å². The number of methoxy groups -OCH3 is 1. The standard InChI is InChI=1S/C32H38BrN3O5S/c1-23-16-17-30(41-2)28(18-23)36(42(3,39)40)22-31(37)35(21-25-12-9-13-26(33)19-25)29(20-24-10-5-4-6-11-24)32(38)34-27-14-7-8-15-27/h4-6,9-13,16-19,27,29H,7-8,14-15,20-22H2,1-3H3,(H,34,38)/t29-/m0/s1. The Kier molecular flexibility index (Phi) is 10.7. The number of benzene rings is 3. The molecule has 1 aliphatic carbocycles. The fourth-order valence-electron chi connectivity index (χ4n) is 5.34. The number of carbonyl (C=O) groups is 2. The lowest BCUT2D eigenvalue weighted by atomic mass is 10.0. The van der Waals surface area contributed by atoms with E-state index >= 15 is 0 Å². The van der Waals surface area contributed by atoms with Crippen LogP contribution in [-0.4, -0.2) is 57.1 Å². The van der Waals surface area contributed by atoms with Gasteiger partial charge in [-0.05, 0) is 60.7 Å². The van der Waals surface area contributed by atoms with E-state index < -0.39 is 28.5 Å². The summed E-state index contributed by atoms with van der Waals surface area (Å²) in [6.45, 7) is 1.47. The van der Waals surface area contributed by atoms with Crippen molar-refractivity contribution in [1.82, 2.24) is 10.2 Å². The minimum atomic E-state index is -3.90. The summed E-state index contributed by atoms with van der Waals surface area (Å²) in [4.78, 5) is 29.8. The molecular formula is C32H38BrN3O5S. The van der Waals surface area contributed by atoms with E-state index in [-0.39, 0.29) is 30.6 Å². The zero-order chi connectivity index (χ0) is 30.3. The zero-order valence-corrected chi connectivity index (χ0v) is 26.7. The van der Waals surface area contributed by atoms with Crippen molar-refractivity contribution in [1.29, 1.82) is 0 Å². The van der Waals surface area contributed by atoms with Gasteiger partial charge in [0.15, 0.2) is 0 Å². The SMILES string of the molecule is COc1ccc(C)cc1N(CC(=O)N(Cc1cccc(Br)c1)[C@@H](Cc1ccccc1)C(=O)NC1CCCC1)S(C)(=O)=O. The van der Waals surface area contributed by atoms with Crippen LogP contribution in [0.5, 0.6) is 5.75 Å². The molecule has 0 aromatic heterocycles. The Bertz CT molecular complexity index is 1490. The van der Waals surface area contributed by atoms with Gasteiger partial charge in [-0.1, -0.05) is 77.3 Å². The van der Waals surface area contributed by atoms with Crippen molar-refractivity contribution in [2.75, 3.05) is 24.2 Å². The number of hydrogen-bond donors (Lipinski definition) is 1. The molecule has 0 heterocycles. The molecular weight excluding hydrogens is 618 g/mol. The summed E-state index contributed by atoms with van der Waals surface area (Å²) < 4.78 is 33.6.